The maximum atomic E-state index is 6.30. The zero-order chi connectivity index (χ0) is 11.6. The molecule has 0 aliphatic carbocycles. The highest BCUT2D eigenvalue weighted by Gasteiger charge is 2.26. The highest BCUT2D eigenvalue weighted by molar-refractivity contribution is 9.11. The molecular formula is C8H12Br2Cl2N2Si. The lowest BCUT2D eigenvalue weighted by atomic mass is 10.3. The smallest absolute Gasteiger partial charge is 0.128 e. The molecule has 0 N–H and O–H groups in total. The number of alkyl halides is 2. The van der Waals surface area contributed by atoms with Gasteiger partial charge in [0.25, 0.3) is 0 Å². The summed E-state index contributed by atoms with van der Waals surface area (Å²) in [5.74, 6) is 0. The van der Waals surface area contributed by atoms with Crippen molar-refractivity contribution in [2.24, 2.45) is 0 Å². The van der Waals surface area contributed by atoms with Gasteiger partial charge in [-0.3, -0.25) is 10.0 Å². The Morgan fingerprint density at radius 2 is 2.00 bits per heavy atom. The molecule has 0 fully saturated rings. The van der Waals surface area contributed by atoms with Crippen LogP contribution in [0.15, 0.2) is 20.5 Å². The normalized spacial score (nSPS) is 18.2. The van der Waals surface area contributed by atoms with Gasteiger partial charge < -0.3 is 0 Å². The lowest BCUT2D eigenvalue weighted by Gasteiger charge is -2.40. The number of hydrogen-bond acceptors (Lipinski definition) is 2. The van der Waals surface area contributed by atoms with E-state index in [0.717, 1.165) is 37.5 Å². The van der Waals surface area contributed by atoms with Crippen molar-refractivity contribution in [3.63, 3.8) is 0 Å². The first-order chi connectivity index (χ1) is 7.08. The number of nitrogens with zero attached hydrogens (tertiary/aromatic N) is 2. The largest absolute Gasteiger partial charge is 0.277 e. The van der Waals surface area contributed by atoms with Crippen LogP contribution >= 0.6 is 55.1 Å². The van der Waals surface area contributed by atoms with E-state index in [1.54, 1.807) is 0 Å². The summed E-state index contributed by atoms with van der Waals surface area (Å²) in [6.07, 6.45) is 0. The Hall–Kier alpha value is 0.837. The average molecular weight is 395 g/mol. The summed E-state index contributed by atoms with van der Waals surface area (Å²) in [6, 6.07) is 0.354. The van der Waals surface area contributed by atoms with Crippen LogP contribution in [0.2, 0.25) is 0 Å². The van der Waals surface area contributed by atoms with Crippen LogP contribution in [0.5, 0.6) is 0 Å². The number of allylic oxidation sites excluding steroid dienone is 2. The lowest BCUT2D eigenvalue weighted by molar-refractivity contribution is 0.0890. The van der Waals surface area contributed by atoms with Crippen molar-refractivity contribution in [1.82, 2.24) is 10.0 Å². The predicted octanol–water partition coefficient (Wildman–Crippen LogP) is 2.51. The molecule has 0 saturated heterocycles. The molecule has 0 amide bonds. The van der Waals surface area contributed by atoms with E-state index in [-0.39, 0.29) is 0 Å². The van der Waals surface area contributed by atoms with E-state index in [4.69, 9.17) is 23.2 Å². The highest BCUT2D eigenvalue weighted by Crippen LogP contribution is 2.35. The molecule has 1 aliphatic heterocycles. The fourth-order valence-corrected chi connectivity index (χ4v) is 4.97. The summed E-state index contributed by atoms with van der Waals surface area (Å²) in [5, 5.41) is 6.66. The predicted molar refractivity (Wildman–Crippen MR) is 77.5 cm³/mol. The Kier molecular flexibility index (Phi) is 5.52. The van der Waals surface area contributed by atoms with Gasteiger partial charge in [-0.05, 0) is 28.1 Å². The van der Waals surface area contributed by atoms with Gasteiger partial charge in [0.05, 0.1) is 4.61 Å². The first kappa shape index (κ1) is 13.9. The second-order valence-corrected chi connectivity index (χ2v) is 5.96. The molecule has 0 radical (unpaired) electrons. The van der Waals surface area contributed by atoms with Crippen molar-refractivity contribution < 1.29 is 0 Å². The van der Waals surface area contributed by atoms with Crippen molar-refractivity contribution in [3.8, 4) is 0 Å². The highest BCUT2D eigenvalue weighted by atomic mass is 79.9. The standard InChI is InChI=1S/C8H12Br2Cl2N2Si/c1-2-13-7(10)6(15)5(3-9)8(12)14(13)4-11/h2-4H2,1,15H3. The molecule has 1 aliphatic rings. The van der Waals surface area contributed by atoms with Crippen LogP contribution < -0.4 is 0 Å². The minimum Gasteiger partial charge on any atom is -0.277 e. The van der Waals surface area contributed by atoms with Crippen LogP contribution in [0.25, 0.3) is 0 Å². The molecule has 0 saturated carbocycles. The van der Waals surface area contributed by atoms with Gasteiger partial charge in [0.1, 0.15) is 11.2 Å². The third-order valence-electron chi connectivity index (χ3n) is 2.30. The summed E-state index contributed by atoms with van der Waals surface area (Å²) in [7, 11) is 0.951. The van der Waals surface area contributed by atoms with Crippen molar-refractivity contribution in [2.75, 3.05) is 17.9 Å². The molecule has 0 aromatic rings. The Morgan fingerprint density at radius 1 is 1.40 bits per heavy atom. The zero-order valence-corrected chi connectivity index (χ0v) is 15.2. The molecule has 0 aromatic heterocycles. The van der Waals surface area contributed by atoms with Crippen LogP contribution in [0, 0.1) is 0 Å². The first-order valence-corrected chi connectivity index (χ1v) is 8.33. The molecule has 7 heteroatoms. The zero-order valence-electron chi connectivity index (χ0n) is 8.53. The monoisotopic (exact) mass is 392 g/mol. The summed E-state index contributed by atoms with van der Waals surface area (Å²) in [5.41, 5.74) is 1.13. The molecule has 0 spiro atoms. The van der Waals surface area contributed by atoms with Crippen LogP contribution in [0.3, 0.4) is 0 Å². The van der Waals surface area contributed by atoms with Gasteiger partial charge in [0.2, 0.25) is 0 Å². The van der Waals surface area contributed by atoms with Crippen molar-refractivity contribution in [1.29, 1.82) is 0 Å². The third-order valence-corrected chi connectivity index (χ3v) is 6.33. The van der Waals surface area contributed by atoms with Crippen molar-refractivity contribution in [2.45, 2.75) is 6.92 Å². The quantitative estimate of drug-likeness (QED) is 0.412. The SMILES string of the molecule is CCN1C(Br)=C([SiH3])C(CBr)=C(Cl)N1CCl. The second-order valence-electron chi connectivity index (χ2n) is 3.05. The molecule has 0 unspecified atom stereocenters. The molecule has 2 nitrogen and oxygen atoms in total. The van der Waals surface area contributed by atoms with Crippen molar-refractivity contribution in [3.05, 3.63) is 20.5 Å². The number of hydrogen-bond donors (Lipinski definition) is 0. The maximum absolute atomic E-state index is 6.30. The van der Waals surface area contributed by atoms with E-state index in [1.165, 1.54) is 5.20 Å². The van der Waals surface area contributed by atoms with Crippen LogP contribution in [0.1, 0.15) is 6.92 Å². The van der Waals surface area contributed by atoms with E-state index < -0.39 is 0 Å². The summed E-state index contributed by atoms with van der Waals surface area (Å²) >= 11 is 19.3. The van der Waals surface area contributed by atoms with Gasteiger partial charge in [-0.1, -0.05) is 27.5 Å². The van der Waals surface area contributed by atoms with Gasteiger partial charge in [0, 0.05) is 27.7 Å². The number of rotatable bonds is 3. The molecule has 0 atom stereocenters. The fraction of sp³-hybridized carbons (Fsp3) is 0.500. The minimum atomic E-state index is 0.354. The van der Waals surface area contributed by atoms with Gasteiger partial charge >= 0.3 is 0 Å². The van der Waals surface area contributed by atoms with E-state index >= 15 is 0 Å². The Labute approximate surface area is 120 Å². The molecule has 86 valence electrons. The molecule has 0 aromatic carbocycles. The van der Waals surface area contributed by atoms with Gasteiger partial charge in [0.15, 0.2) is 0 Å². The van der Waals surface area contributed by atoms with Crippen LogP contribution in [0.4, 0.5) is 0 Å². The van der Waals surface area contributed by atoms with E-state index in [9.17, 15) is 0 Å². The molecule has 1 rings (SSSR count). The minimum absolute atomic E-state index is 0.354. The van der Waals surface area contributed by atoms with E-state index in [1.807, 2.05) is 10.0 Å². The Bertz CT molecular complexity index is 320. The third kappa shape index (κ3) is 2.57. The molecule has 1 heterocycles. The van der Waals surface area contributed by atoms with E-state index in [2.05, 4.69) is 38.8 Å². The fourth-order valence-electron chi connectivity index (χ4n) is 1.42. The Morgan fingerprint density at radius 3 is 2.40 bits per heavy atom. The molecule has 15 heavy (non-hydrogen) atoms. The molecule has 0 bridgehead atoms. The maximum Gasteiger partial charge on any atom is 0.128 e. The number of halogens is 4. The number of hydrazine groups is 1. The van der Waals surface area contributed by atoms with E-state index in [0.29, 0.717) is 6.00 Å². The van der Waals surface area contributed by atoms with Gasteiger partial charge in [-0.2, -0.15) is 0 Å². The topological polar surface area (TPSA) is 6.48 Å². The summed E-state index contributed by atoms with van der Waals surface area (Å²) < 4.78 is 1.08. The van der Waals surface area contributed by atoms with Crippen molar-refractivity contribution >= 4 is 65.3 Å². The average Bonchev–Trinajstić information content (AvgIpc) is 2.23. The molecular weight excluding hydrogens is 383 g/mol. The van der Waals surface area contributed by atoms with Crippen LogP contribution in [-0.4, -0.2) is 38.1 Å². The van der Waals surface area contributed by atoms with Gasteiger partial charge in [-0.15, -0.1) is 11.6 Å². The second kappa shape index (κ2) is 5.96. The van der Waals surface area contributed by atoms with Crippen LogP contribution in [-0.2, 0) is 0 Å². The first-order valence-electron chi connectivity index (χ1n) is 4.50. The summed E-state index contributed by atoms with van der Waals surface area (Å²) in [4.78, 5) is 0. The summed E-state index contributed by atoms with van der Waals surface area (Å²) in [6.45, 7) is 2.91. The Balaban J connectivity index is 3.20. The van der Waals surface area contributed by atoms with Gasteiger partial charge in [-0.25, -0.2) is 0 Å². The lowest BCUT2D eigenvalue weighted by Crippen LogP contribution is -2.42.